The van der Waals surface area contributed by atoms with Crippen LogP contribution in [0, 0.1) is 0 Å². The molecule has 1 aromatic carbocycles. The Bertz CT molecular complexity index is 378. The number of benzene rings is 1. The summed E-state index contributed by atoms with van der Waals surface area (Å²) >= 11 is 0. The van der Waals surface area contributed by atoms with Crippen molar-refractivity contribution in [1.29, 1.82) is 0 Å². The maximum absolute atomic E-state index is 11.3. The molecule has 0 bridgehead atoms. The van der Waals surface area contributed by atoms with E-state index in [2.05, 4.69) is 6.07 Å². The van der Waals surface area contributed by atoms with Crippen molar-refractivity contribution in [2.75, 3.05) is 13.7 Å². The molecule has 2 nitrogen and oxygen atoms in total. The summed E-state index contributed by atoms with van der Waals surface area (Å²) in [6.07, 6.45) is 2.34. The molecule has 0 saturated heterocycles. The van der Waals surface area contributed by atoms with Gasteiger partial charge in [0.25, 0.3) is 0 Å². The largest absolute Gasteiger partial charge is 0.384 e. The van der Waals surface area contributed by atoms with Crippen molar-refractivity contribution in [3.63, 3.8) is 0 Å². The van der Waals surface area contributed by atoms with E-state index in [-0.39, 0.29) is 11.2 Å². The molecule has 80 valence electrons. The van der Waals surface area contributed by atoms with Gasteiger partial charge in [-0.2, -0.15) is 0 Å². The zero-order chi connectivity index (χ0) is 10.9. The topological polar surface area (TPSA) is 26.3 Å². The van der Waals surface area contributed by atoms with Crippen molar-refractivity contribution in [2.45, 2.75) is 25.2 Å². The van der Waals surface area contributed by atoms with E-state index in [1.165, 1.54) is 18.4 Å². The minimum Gasteiger partial charge on any atom is -0.384 e. The van der Waals surface area contributed by atoms with Crippen LogP contribution in [0.3, 0.4) is 0 Å². The van der Waals surface area contributed by atoms with Crippen LogP contribution < -0.4 is 0 Å². The lowest BCUT2D eigenvalue weighted by atomic mass is 9.94. The lowest BCUT2D eigenvalue weighted by molar-refractivity contribution is 0.101. The van der Waals surface area contributed by atoms with Gasteiger partial charge in [-0.3, -0.25) is 4.79 Å². The first kappa shape index (κ1) is 10.4. The zero-order valence-electron chi connectivity index (χ0n) is 9.25. The van der Waals surface area contributed by atoms with Crippen LogP contribution in [0.1, 0.15) is 35.7 Å². The number of ether oxygens (including phenoxy) is 1. The lowest BCUT2D eigenvalue weighted by Crippen LogP contribution is -2.14. The molecule has 0 atom stereocenters. The molecule has 1 saturated carbocycles. The Morgan fingerprint density at radius 1 is 1.47 bits per heavy atom. The Labute approximate surface area is 90.3 Å². The number of methoxy groups -OCH3 is 1. The maximum Gasteiger partial charge on any atom is 0.159 e. The highest BCUT2D eigenvalue weighted by molar-refractivity contribution is 5.94. The number of Topliss-reactive ketones (excluding diaryl/α,β-unsaturated/α-hetero) is 1. The monoisotopic (exact) mass is 204 g/mol. The summed E-state index contributed by atoms with van der Waals surface area (Å²) in [5, 5.41) is 0. The Kier molecular flexibility index (Phi) is 2.61. The fourth-order valence-electron chi connectivity index (χ4n) is 2.01. The first-order chi connectivity index (χ1) is 7.18. The highest BCUT2D eigenvalue weighted by atomic mass is 16.5. The molecule has 1 aromatic rings. The number of hydrogen-bond donors (Lipinski definition) is 0. The van der Waals surface area contributed by atoms with Gasteiger partial charge in [-0.05, 0) is 31.4 Å². The highest BCUT2D eigenvalue weighted by Gasteiger charge is 2.44. The third-order valence-electron chi connectivity index (χ3n) is 3.16. The minimum absolute atomic E-state index is 0.130. The third-order valence-corrected chi connectivity index (χ3v) is 3.16. The van der Waals surface area contributed by atoms with Crippen LogP contribution in [0.15, 0.2) is 24.3 Å². The molecule has 0 aromatic heterocycles. The maximum atomic E-state index is 11.3. The molecule has 2 rings (SSSR count). The first-order valence-electron chi connectivity index (χ1n) is 5.28. The Hall–Kier alpha value is -1.15. The van der Waals surface area contributed by atoms with Gasteiger partial charge in [-0.25, -0.2) is 0 Å². The Balaban J connectivity index is 2.29. The number of hydrogen-bond acceptors (Lipinski definition) is 2. The van der Waals surface area contributed by atoms with Crippen LogP contribution in [0.2, 0.25) is 0 Å². The van der Waals surface area contributed by atoms with Crippen molar-refractivity contribution in [2.24, 2.45) is 0 Å². The molecule has 0 amide bonds. The lowest BCUT2D eigenvalue weighted by Gasteiger charge is -2.14. The van der Waals surface area contributed by atoms with Gasteiger partial charge in [0.15, 0.2) is 5.78 Å². The van der Waals surface area contributed by atoms with E-state index < -0.39 is 0 Å². The molecule has 0 N–H and O–H groups in total. The van der Waals surface area contributed by atoms with Gasteiger partial charge in [0.2, 0.25) is 0 Å². The molecule has 0 unspecified atom stereocenters. The average molecular weight is 204 g/mol. The van der Waals surface area contributed by atoms with E-state index in [9.17, 15) is 4.79 Å². The molecule has 0 aliphatic heterocycles. The highest BCUT2D eigenvalue weighted by Crippen LogP contribution is 2.48. The van der Waals surface area contributed by atoms with Gasteiger partial charge >= 0.3 is 0 Å². The van der Waals surface area contributed by atoms with E-state index >= 15 is 0 Å². The van der Waals surface area contributed by atoms with E-state index in [0.29, 0.717) is 0 Å². The second-order valence-corrected chi connectivity index (χ2v) is 4.35. The van der Waals surface area contributed by atoms with Crippen LogP contribution in [0.4, 0.5) is 0 Å². The fraction of sp³-hybridized carbons (Fsp3) is 0.462. The van der Waals surface area contributed by atoms with Gasteiger partial charge < -0.3 is 4.74 Å². The Morgan fingerprint density at radius 2 is 2.20 bits per heavy atom. The normalized spacial score (nSPS) is 17.5. The predicted octanol–water partition coefficient (Wildman–Crippen LogP) is 2.57. The molecule has 0 spiro atoms. The number of ketones is 1. The van der Waals surface area contributed by atoms with Crippen molar-refractivity contribution in [3.8, 4) is 0 Å². The van der Waals surface area contributed by atoms with E-state index in [1.54, 1.807) is 14.0 Å². The summed E-state index contributed by atoms with van der Waals surface area (Å²) in [5.41, 5.74) is 2.24. The summed E-state index contributed by atoms with van der Waals surface area (Å²) in [5.74, 6) is 0.130. The minimum atomic E-state index is 0.130. The number of carbonyl (C=O) groups is 1. The number of carbonyl (C=O) groups excluding carboxylic acids is 1. The smallest absolute Gasteiger partial charge is 0.159 e. The summed E-state index contributed by atoms with van der Waals surface area (Å²) in [6.45, 7) is 2.36. The second kappa shape index (κ2) is 3.78. The number of rotatable bonds is 4. The predicted molar refractivity (Wildman–Crippen MR) is 59.2 cm³/mol. The summed E-state index contributed by atoms with van der Waals surface area (Å²) < 4.78 is 5.24. The summed E-state index contributed by atoms with van der Waals surface area (Å²) in [7, 11) is 1.73. The van der Waals surface area contributed by atoms with Crippen molar-refractivity contribution in [3.05, 3.63) is 35.4 Å². The van der Waals surface area contributed by atoms with Crippen molar-refractivity contribution >= 4 is 5.78 Å². The van der Waals surface area contributed by atoms with Gasteiger partial charge in [0.05, 0.1) is 6.61 Å². The molecule has 2 heteroatoms. The van der Waals surface area contributed by atoms with Crippen LogP contribution in [0.25, 0.3) is 0 Å². The first-order valence-corrected chi connectivity index (χ1v) is 5.28. The quantitative estimate of drug-likeness (QED) is 0.704. The molecule has 1 fully saturated rings. The van der Waals surface area contributed by atoms with E-state index in [4.69, 9.17) is 4.74 Å². The molecule has 0 heterocycles. The third kappa shape index (κ3) is 1.95. The van der Waals surface area contributed by atoms with Crippen LogP contribution in [0.5, 0.6) is 0 Å². The van der Waals surface area contributed by atoms with Crippen LogP contribution in [-0.2, 0) is 10.2 Å². The Morgan fingerprint density at radius 3 is 2.73 bits per heavy atom. The standard InChI is InChI=1S/C13H16O2/c1-10(14)11-4-3-5-12(8-11)13(6-7-13)9-15-2/h3-5,8H,6-7,9H2,1-2H3. The van der Waals surface area contributed by atoms with Gasteiger partial charge in [0.1, 0.15) is 0 Å². The summed E-state index contributed by atoms with van der Waals surface area (Å²) in [4.78, 5) is 11.3. The van der Waals surface area contributed by atoms with E-state index in [1.807, 2.05) is 18.2 Å². The fourth-order valence-corrected chi connectivity index (χ4v) is 2.01. The van der Waals surface area contributed by atoms with Gasteiger partial charge in [-0.15, -0.1) is 0 Å². The van der Waals surface area contributed by atoms with Crippen molar-refractivity contribution in [1.82, 2.24) is 0 Å². The van der Waals surface area contributed by atoms with E-state index in [0.717, 1.165) is 12.2 Å². The molecular weight excluding hydrogens is 188 g/mol. The van der Waals surface area contributed by atoms with Crippen molar-refractivity contribution < 1.29 is 9.53 Å². The molecular formula is C13H16O2. The zero-order valence-corrected chi connectivity index (χ0v) is 9.25. The molecule has 15 heavy (non-hydrogen) atoms. The second-order valence-electron chi connectivity index (χ2n) is 4.35. The van der Waals surface area contributed by atoms with Gasteiger partial charge in [0, 0.05) is 18.1 Å². The summed E-state index contributed by atoms with van der Waals surface area (Å²) in [6, 6.07) is 7.93. The van der Waals surface area contributed by atoms with Crippen LogP contribution in [-0.4, -0.2) is 19.5 Å². The molecule has 1 aliphatic carbocycles. The van der Waals surface area contributed by atoms with Gasteiger partial charge in [-0.1, -0.05) is 18.2 Å². The van der Waals surface area contributed by atoms with Crippen LogP contribution >= 0.6 is 0 Å². The molecule has 1 aliphatic rings. The average Bonchev–Trinajstić information content (AvgIpc) is 3.00. The molecule has 0 radical (unpaired) electrons. The SMILES string of the molecule is COCC1(c2cccc(C(C)=O)c2)CC1.